The first-order valence-corrected chi connectivity index (χ1v) is 31.1. The molecule has 9 rings (SSSR count). The molecule has 462 valence electrons. The quantitative estimate of drug-likeness (QED) is 0.0141. The topological polar surface area (TPSA) is 356 Å². The van der Waals surface area contributed by atoms with Gasteiger partial charge in [0.25, 0.3) is 0 Å². The van der Waals surface area contributed by atoms with E-state index in [1.165, 1.54) is 103 Å². The van der Waals surface area contributed by atoms with E-state index < -0.39 is 100 Å². The van der Waals surface area contributed by atoms with Gasteiger partial charge in [-0.15, -0.1) is 0 Å². The molecule has 0 radical (unpaired) electrons. The number of nitrogens with zero attached hydrogens (tertiary/aromatic N) is 8. The van der Waals surface area contributed by atoms with E-state index in [0.29, 0.717) is 51.7 Å². The van der Waals surface area contributed by atoms with Crippen molar-refractivity contribution in [1.82, 2.24) is 39.2 Å². The zero-order valence-electron chi connectivity index (χ0n) is 47.6. The van der Waals surface area contributed by atoms with E-state index in [4.69, 9.17) is 76.7 Å². The van der Waals surface area contributed by atoms with Crippen molar-refractivity contribution in [2.24, 2.45) is 11.7 Å². The number of nitrogens with two attached hydrogens (primary N) is 2. The summed E-state index contributed by atoms with van der Waals surface area (Å²) >= 11 is 12.2. The third-order valence-corrected chi connectivity index (χ3v) is 18.8. The molecular weight excluding hydrogens is 1190 g/mol. The lowest BCUT2D eigenvalue weighted by molar-refractivity contribution is -0.150. The summed E-state index contributed by atoms with van der Waals surface area (Å²) in [7, 11) is -7.82. The maximum absolute atomic E-state index is 14.8. The molecule has 0 amide bonds. The minimum Gasteiger partial charge on any atom is -0.468 e. The summed E-state index contributed by atoms with van der Waals surface area (Å²) < 4.78 is 85.9. The lowest BCUT2D eigenvalue weighted by Gasteiger charge is -2.34. The molecule has 0 spiro atoms. The third kappa shape index (κ3) is 13.9. The first-order chi connectivity index (χ1) is 40.3. The minimum absolute atomic E-state index is 0.0670. The smallest absolute Gasteiger partial charge is 0.459 e. The highest BCUT2D eigenvalue weighted by molar-refractivity contribution is 7.52. The molecule has 28 nitrogen and oxygen atoms in total. The second-order valence-corrected chi connectivity index (χ2v) is 25.8. The SMILES string of the molecule is CCN(N)c1ncnc2c1ccn2C1OC(COP(=O)(NC(C)C(=O)OC2CCCC2)Oc2ccc(Cl)cc2)[C@@H](O)[C@@]1(C)OCCN(N)c1ncnc2c1ccn2C1OC(COP(=O)(NC(C)(C)C(=O)OC)Oc2ccc(Cl)cc2)[C@@H](O)[C@@]1(C)O. The zero-order chi connectivity index (χ0) is 61.2. The van der Waals surface area contributed by atoms with Gasteiger partial charge in [-0.3, -0.25) is 28.7 Å². The Bertz CT molecular complexity index is 3420. The molecule has 7 unspecified atom stereocenters. The van der Waals surface area contributed by atoms with E-state index in [1.54, 1.807) is 36.0 Å². The van der Waals surface area contributed by atoms with Gasteiger partial charge in [0.15, 0.2) is 24.1 Å². The molecule has 2 aromatic carbocycles. The summed E-state index contributed by atoms with van der Waals surface area (Å²) in [5, 5.41) is 45.6. The highest BCUT2D eigenvalue weighted by Gasteiger charge is 2.57. The number of halogens is 2. The highest BCUT2D eigenvalue weighted by Crippen LogP contribution is 2.51. The van der Waals surface area contributed by atoms with Crippen molar-refractivity contribution >= 4 is 84.3 Å². The van der Waals surface area contributed by atoms with E-state index in [1.807, 2.05) is 6.92 Å². The number of methoxy groups -OCH3 is 1. The summed E-state index contributed by atoms with van der Waals surface area (Å²) in [5.41, 5.74) is -4.66. The summed E-state index contributed by atoms with van der Waals surface area (Å²) in [6.07, 6.45) is 0.592. The van der Waals surface area contributed by atoms with Gasteiger partial charge in [0.05, 0.1) is 44.2 Å². The van der Waals surface area contributed by atoms with Crippen LogP contribution in [0.4, 0.5) is 11.6 Å². The number of esters is 2. The van der Waals surface area contributed by atoms with Crippen molar-refractivity contribution in [1.29, 1.82) is 0 Å². The number of hydrogen-bond donors (Lipinski definition) is 7. The van der Waals surface area contributed by atoms with Gasteiger partial charge >= 0.3 is 27.4 Å². The van der Waals surface area contributed by atoms with E-state index >= 15 is 0 Å². The molecule has 32 heteroatoms. The fraction of sp³-hybridized carbons (Fsp3) is 0.509. The molecule has 6 heterocycles. The summed E-state index contributed by atoms with van der Waals surface area (Å²) in [5.74, 6) is 12.4. The van der Waals surface area contributed by atoms with Gasteiger partial charge in [0, 0.05) is 29.0 Å². The van der Waals surface area contributed by atoms with Crippen LogP contribution in [0.15, 0.2) is 85.7 Å². The number of hydrazine groups is 2. The molecule has 3 fully saturated rings. The fourth-order valence-corrected chi connectivity index (χ4v) is 13.7. The zero-order valence-corrected chi connectivity index (χ0v) is 50.9. The van der Waals surface area contributed by atoms with E-state index in [-0.39, 0.29) is 42.2 Å². The van der Waals surface area contributed by atoms with Gasteiger partial charge in [0.2, 0.25) is 0 Å². The number of carbonyl (C=O) groups excluding carboxylic acids is 2. The number of anilines is 2. The van der Waals surface area contributed by atoms with Crippen LogP contribution in [0, 0.1) is 0 Å². The second kappa shape index (κ2) is 26.0. The molecule has 1 saturated carbocycles. The Kier molecular flexibility index (Phi) is 19.5. The van der Waals surface area contributed by atoms with Crippen molar-refractivity contribution in [3.05, 3.63) is 95.8 Å². The molecule has 0 bridgehead atoms. The predicted molar refractivity (Wildman–Crippen MR) is 310 cm³/mol. The Balaban J connectivity index is 0.929. The van der Waals surface area contributed by atoms with Gasteiger partial charge in [0.1, 0.15) is 88.8 Å². The van der Waals surface area contributed by atoms with Crippen LogP contribution >= 0.6 is 38.7 Å². The van der Waals surface area contributed by atoms with Crippen LogP contribution in [-0.4, -0.2) is 150 Å². The van der Waals surface area contributed by atoms with Crippen molar-refractivity contribution in [2.45, 2.75) is 133 Å². The number of nitrogens with one attached hydrogen (secondary N) is 2. The second-order valence-electron chi connectivity index (χ2n) is 21.6. The summed E-state index contributed by atoms with van der Waals surface area (Å²) in [6.45, 7) is 8.12. The van der Waals surface area contributed by atoms with Gasteiger partial charge in [-0.25, -0.2) is 40.8 Å². The standard InChI is InChI=1S/C53H70Cl2N12O16P2/c1-8-66(56)45-37-22-24-65(44(37)59-29-60-45)49-53(6,42(69)40(81-49)28-77-84(73,82-35-17-13-32(54)14-18-35)62-31(2)47(70)79-34-11-9-10-12-34)76-26-25-67(57)46-38-21-23-64(43(38)58-30-61-46)48-52(5,72)41(68)39(80-48)27-78-85(74,63-51(3,4)50(71)75-7)83-36-19-15-33(55)16-20-36/h13-24,29-31,34,39-42,48-49,68-69,72H,8-12,25-28,56-57H2,1-7H3,(H,62,73)(H,63,74)/t31?,39?,40?,41-,42-,48?,49?,52-,53-,84?,85?/m1/s1. The van der Waals surface area contributed by atoms with Gasteiger partial charge in [-0.05, 0) is 128 Å². The number of carbonyl (C=O) groups is 2. The number of fused-ring (bicyclic) bond motifs is 2. The number of ether oxygens (including phenoxy) is 5. The molecule has 3 aliphatic rings. The number of aromatic nitrogens is 6. The molecule has 9 N–H and O–H groups in total. The van der Waals surface area contributed by atoms with Crippen LogP contribution in [0.1, 0.15) is 79.7 Å². The molecule has 2 aliphatic heterocycles. The third-order valence-electron chi connectivity index (χ3n) is 14.9. The van der Waals surface area contributed by atoms with Crippen molar-refractivity contribution < 1.29 is 75.8 Å². The molecule has 4 aromatic heterocycles. The number of benzene rings is 2. The van der Waals surface area contributed by atoms with E-state index in [2.05, 4.69) is 30.1 Å². The van der Waals surface area contributed by atoms with Gasteiger partial charge in [-0.1, -0.05) is 23.2 Å². The molecular formula is C53H70Cl2N12O16P2. The van der Waals surface area contributed by atoms with Crippen LogP contribution in [0.25, 0.3) is 22.1 Å². The lowest BCUT2D eigenvalue weighted by Crippen LogP contribution is -2.48. The molecule has 1 aliphatic carbocycles. The monoisotopic (exact) mass is 1260 g/mol. The predicted octanol–water partition coefficient (Wildman–Crippen LogP) is 6.02. The minimum atomic E-state index is -4.49. The maximum atomic E-state index is 14.8. The van der Waals surface area contributed by atoms with Gasteiger partial charge < -0.3 is 57.2 Å². The lowest BCUT2D eigenvalue weighted by atomic mass is 9.96. The Hall–Kier alpha value is -5.62. The van der Waals surface area contributed by atoms with E-state index in [9.17, 15) is 34.0 Å². The molecule has 2 saturated heterocycles. The van der Waals surface area contributed by atoms with Crippen LogP contribution in [0.5, 0.6) is 11.5 Å². The number of hydrogen-bond acceptors (Lipinski definition) is 24. The first kappa shape index (κ1) is 63.9. The molecule has 11 atom stereocenters. The number of rotatable bonds is 26. The van der Waals surface area contributed by atoms with Crippen molar-refractivity contribution in [3.8, 4) is 11.5 Å². The van der Waals surface area contributed by atoms with Crippen LogP contribution in [0.3, 0.4) is 0 Å². The molecule has 85 heavy (non-hydrogen) atoms. The normalized spacial score (nSPS) is 25.4. The van der Waals surface area contributed by atoms with Crippen LogP contribution < -0.4 is 40.9 Å². The Morgan fingerprint density at radius 3 is 1.86 bits per heavy atom. The Labute approximate surface area is 499 Å². The average molecular weight is 1260 g/mol. The first-order valence-electron chi connectivity index (χ1n) is 27.2. The van der Waals surface area contributed by atoms with Crippen LogP contribution in [0.2, 0.25) is 10.0 Å². The summed E-state index contributed by atoms with van der Waals surface area (Å²) in [6, 6.07) is 14.1. The average Bonchev–Trinajstić information content (AvgIpc) is 2.20. The van der Waals surface area contributed by atoms with Crippen molar-refractivity contribution in [2.75, 3.05) is 50.0 Å². The highest BCUT2D eigenvalue weighted by atomic mass is 35.5. The van der Waals surface area contributed by atoms with Gasteiger partial charge in [-0.2, -0.15) is 10.2 Å². The van der Waals surface area contributed by atoms with Crippen LogP contribution in [-0.2, 0) is 51.5 Å². The van der Waals surface area contributed by atoms with Crippen molar-refractivity contribution in [3.63, 3.8) is 0 Å². The Morgan fingerprint density at radius 1 is 0.800 bits per heavy atom. The summed E-state index contributed by atoms with van der Waals surface area (Å²) in [4.78, 5) is 43.8. The molecule has 6 aromatic rings. The number of aliphatic hydroxyl groups is 3. The Morgan fingerprint density at radius 2 is 1.31 bits per heavy atom. The maximum Gasteiger partial charge on any atom is 0.459 e. The van der Waals surface area contributed by atoms with E-state index in [0.717, 1.165) is 20.0 Å². The largest absolute Gasteiger partial charge is 0.468 e. The number of aliphatic hydroxyl groups excluding tert-OH is 2. The fourth-order valence-electron chi connectivity index (χ4n) is 10.3.